The van der Waals surface area contributed by atoms with Crippen LogP contribution in [0.15, 0.2) is 42.5 Å². The van der Waals surface area contributed by atoms with E-state index < -0.39 is 16.0 Å². The number of methoxy groups -OCH3 is 1. The van der Waals surface area contributed by atoms with Crippen LogP contribution in [-0.4, -0.2) is 46.8 Å². The minimum Gasteiger partial charge on any atom is -0.495 e. The Morgan fingerprint density at radius 3 is 2.48 bits per heavy atom. The van der Waals surface area contributed by atoms with Gasteiger partial charge in [-0.3, -0.25) is 9.10 Å². The second-order valence-corrected chi connectivity index (χ2v) is 8.82. The Morgan fingerprint density at radius 1 is 1.13 bits per heavy atom. The van der Waals surface area contributed by atoms with E-state index in [1.54, 1.807) is 49.4 Å². The maximum atomic E-state index is 12.4. The molecule has 1 N–H and O–H groups in total. The van der Waals surface area contributed by atoms with Crippen molar-refractivity contribution in [2.24, 2.45) is 0 Å². The van der Waals surface area contributed by atoms with Gasteiger partial charge in [0.15, 0.2) is 0 Å². The molecule has 0 aliphatic heterocycles. The summed E-state index contributed by atoms with van der Waals surface area (Å²) in [6.45, 7) is 3.92. The predicted molar refractivity (Wildman–Crippen MR) is 120 cm³/mol. The lowest BCUT2D eigenvalue weighted by molar-refractivity contribution is -0.116. The minimum absolute atomic E-state index is 0.101. The molecule has 0 saturated carbocycles. The molecule has 0 saturated heterocycles. The number of carbonyl (C=O) groups is 2. The van der Waals surface area contributed by atoms with Crippen molar-refractivity contribution in [2.75, 3.05) is 36.1 Å². The van der Waals surface area contributed by atoms with Gasteiger partial charge in [0.05, 0.1) is 31.2 Å². The van der Waals surface area contributed by atoms with Crippen molar-refractivity contribution in [1.82, 2.24) is 0 Å². The number of anilines is 2. The molecule has 1 amide bonds. The third-order valence-electron chi connectivity index (χ3n) is 4.54. The number of nitrogens with zero attached hydrogens (tertiary/aromatic N) is 1. The highest BCUT2D eigenvalue weighted by molar-refractivity contribution is 7.92. The van der Waals surface area contributed by atoms with Crippen molar-refractivity contribution < 1.29 is 27.5 Å². The molecular weight excluding hydrogens is 420 g/mol. The van der Waals surface area contributed by atoms with Gasteiger partial charge in [-0.05, 0) is 50.1 Å². The molecule has 31 heavy (non-hydrogen) atoms. The second kappa shape index (κ2) is 10.8. The van der Waals surface area contributed by atoms with E-state index in [0.717, 1.165) is 11.8 Å². The van der Waals surface area contributed by atoms with Crippen molar-refractivity contribution in [3.05, 3.63) is 53.6 Å². The molecule has 0 aliphatic rings. The zero-order chi connectivity index (χ0) is 23.0. The first-order chi connectivity index (χ1) is 14.7. The van der Waals surface area contributed by atoms with Gasteiger partial charge in [-0.25, -0.2) is 13.2 Å². The molecule has 0 aromatic heterocycles. The van der Waals surface area contributed by atoms with Crippen LogP contribution in [0.2, 0.25) is 0 Å². The number of sulfonamides is 1. The zero-order valence-corrected chi connectivity index (χ0v) is 19.0. The smallest absolute Gasteiger partial charge is 0.338 e. The summed E-state index contributed by atoms with van der Waals surface area (Å²) in [5.41, 5.74) is 2.08. The highest BCUT2D eigenvalue weighted by atomic mass is 32.2. The van der Waals surface area contributed by atoms with Crippen molar-refractivity contribution in [2.45, 2.75) is 26.7 Å². The monoisotopic (exact) mass is 448 g/mol. The van der Waals surface area contributed by atoms with Gasteiger partial charge >= 0.3 is 5.97 Å². The number of esters is 1. The van der Waals surface area contributed by atoms with Gasteiger partial charge in [-0.1, -0.05) is 18.2 Å². The topological polar surface area (TPSA) is 102 Å². The number of benzene rings is 2. The number of nitrogens with one attached hydrogen (secondary N) is 1. The first-order valence-electron chi connectivity index (χ1n) is 9.85. The number of ether oxygens (including phenoxy) is 2. The molecule has 0 unspecified atom stereocenters. The maximum Gasteiger partial charge on any atom is 0.338 e. The molecule has 0 atom stereocenters. The lowest BCUT2D eigenvalue weighted by atomic mass is 10.1. The fourth-order valence-corrected chi connectivity index (χ4v) is 3.96. The summed E-state index contributed by atoms with van der Waals surface area (Å²) in [7, 11) is -2.09. The summed E-state index contributed by atoms with van der Waals surface area (Å²) in [6.07, 6.45) is 1.52. The Balaban J connectivity index is 2.05. The van der Waals surface area contributed by atoms with Gasteiger partial charge < -0.3 is 14.8 Å². The maximum absolute atomic E-state index is 12.4. The summed E-state index contributed by atoms with van der Waals surface area (Å²) in [5.74, 6) is -0.306. The molecule has 0 radical (unpaired) electrons. The van der Waals surface area contributed by atoms with Gasteiger partial charge in [0.25, 0.3) is 0 Å². The molecule has 9 heteroatoms. The normalized spacial score (nSPS) is 11.0. The minimum atomic E-state index is -3.56. The zero-order valence-electron chi connectivity index (χ0n) is 18.2. The van der Waals surface area contributed by atoms with E-state index >= 15 is 0 Å². The van der Waals surface area contributed by atoms with Crippen LogP contribution in [0.4, 0.5) is 11.4 Å². The Labute approximate surface area is 183 Å². The van der Waals surface area contributed by atoms with E-state index in [0.29, 0.717) is 29.1 Å². The predicted octanol–water partition coefficient (Wildman–Crippen LogP) is 3.37. The molecule has 0 aliphatic carbocycles. The van der Waals surface area contributed by atoms with Gasteiger partial charge in [0.1, 0.15) is 5.75 Å². The molecule has 8 nitrogen and oxygen atoms in total. The first-order valence-corrected chi connectivity index (χ1v) is 11.7. The SMILES string of the molecule is CCOC(=O)c1ccc(C)c(NC(=O)CCCN(c2ccccc2OC)S(C)(=O)=O)c1. The molecule has 2 aromatic carbocycles. The third kappa shape index (κ3) is 6.71. The highest BCUT2D eigenvalue weighted by Crippen LogP contribution is 2.29. The molecule has 2 aromatic rings. The van der Waals surface area contributed by atoms with Crippen molar-refractivity contribution in [3.63, 3.8) is 0 Å². The number of amides is 1. The van der Waals surface area contributed by atoms with E-state index in [-0.39, 0.29) is 25.5 Å². The Hall–Kier alpha value is -3.07. The van der Waals surface area contributed by atoms with Crippen LogP contribution in [-0.2, 0) is 19.6 Å². The quantitative estimate of drug-likeness (QED) is 0.559. The van der Waals surface area contributed by atoms with Crippen LogP contribution in [0.25, 0.3) is 0 Å². The number of carbonyl (C=O) groups excluding carboxylic acids is 2. The summed E-state index contributed by atoms with van der Waals surface area (Å²) in [6, 6.07) is 11.8. The number of aryl methyl sites for hydroxylation is 1. The summed E-state index contributed by atoms with van der Waals surface area (Å²) in [4.78, 5) is 24.4. The highest BCUT2D eigenvalue weighted by Gasteiger charge is 2.21. The van der Waals surface area contributed by atoms with Crippen LogP contribution in [0.3, 0.4) is 0 Å². The largest absolute Gasteiger partial charge is 0.495 e. The van der Waals surface area contributed by atoms with Gasteiger partial charge in [0.2, 0.25) is 15.9 Å². The molecule has 0 bridgehead atoms. The standard InChI is InChI=1S/C22H28N2O6S/c1-5-30-22(26)17-13-12-16(2)18(15-17)23-21(25)11-8-14-24(31(4,27)28)19-9-6-7-10-20(19)29-3/h6-7,9-10,12-13,15H,5,8,11,14H2,1-4H3,(H,23,25). The van der Waals surface area contributed by atoms with E-state index in [2.05, 4.69) is 5.32 Å². The second-order valence-electron chi connectivity index (χ2n) is 6.91. The van der Waals surface area contributed by atoms with Crippen molar-refractivity contribution in [1.29, 1.82) is 0 Å². The van der Waals surface area contributed by atoms with Crippen LogP contribution in [0.5, 0.6) is 5.75 Å². The number of rotatable bonds is 10. The summed E-state index contributed by atoms with van der Waals surface area (Å²) < 4.78 is 36.1. The third-order valence-corrected chi connectivity index (χ3v) is 5.72. The average Bonchev–Trinajstić information content (AvgIpc) is 2.72. The lowest BCUT2D eigenvalue weighted by Gasteiger charge is -2.24. The Morgan fingerprint density at radius 2 is 1.84 bits per heavy atom. The summed E-state index contributed by atoms with van der Waals surface area (Å²) in [5, 5.41) is 2.78. The summed E-state index contributed by atoms with van der Waals surface area (Å²) >= 11 is 0. The van der Waals surface area contributed by atoms with Crippen molar-refractivity contribution >= 4 is 33.3 Å². The van der Waals surface area contributed by atoms with Crippen LogP contribution >= 0.6 is 0 Å². The number of para-hydroxylation sites is 2. The van der Waals surface area contributed by atoms with Crippen LogP contribution in [0, 0.1) is 6.92 Å². The first kappa shape index (κ1) is 24.2. The molecule has 2 rings (SSSR count). The lowest BCUT2D eigenvalue weighted by Crippen LogP contribution is -2.31. The number of hydrogen-bond acceptors (Lipinski definition) is 6. The van der Waals surface area contributed by atoms with E-state index in [4.69, 9.17) is 9.47 Å². The Kier molecular flexibility index (Phi) is 8.44. The fourth-order valence-electron chi connectivity index (χ4n) is 2.99. The molecule has 168 valence electrons. The van der Waals surface area contributed by atoms with E-state index in [9.17, 15) is 18.0 Å². The molecule has 0 fully saturated rings. The number of hydrogen-bond donors (Lipinski definition) is 1. The fraction of sp³-hybridized carbons (Fsp3) is 0.364. The van der Waals surface area contributed by atoms with Gasteiger partial charge in [-0.2, -0.15) is 0 Å². The molecule has 0 spiro atoms. The average molecular weight is 449 g/mol. The van der Waals surface area contributed by atoms with Crippen LogP contribution < -0.4 is 14.4 Å². The molecule has 0 heterocycles. The van der Waals surface area contributed by atoms with E-state index in [1.807, 2.05) is 6.92 Å². The van der Waals surface area contributed by atoms with Gasteiger partial charge in [0, 0.05) is 18.7 Å². The van der Waals surface area contributed by atoms with E-state index in [1.165, 1.54) is 11.4 Å². The van der Waals surface area contributed by atoms with Crippen LogP contribution in [0.1, 0.15) is 35.7 Å². The molecular formula is C22H28N2O6S. The van der Waals surface area contributed by atoms with Crippen molar-refractivity contribution in [3.8, 4) is 5.75 Å². The Bertz CT molecular complexity index is 1040. The van der Waals surface area contributed by atoms with Gasteiger partial charge in [-0.15, -0.1) is 0 Å².